The maximum atomic E-state index is 11.6. The van der Waals surface area contributed by atoms with Gasteiger partial charge < -0.3 is 10.0 Å². The predicted octanol–water partition coefficient (Wildman–Crippen LogP) is 1.45. The second-order valence-electron chi connectivity index (χ2n) is 4.49. The smallest absolute Gasteiger partial charge is 0.239 e. The van der Waals surface area contributed by atoms with Crippen LogP contribution in [0.15, 0.2) is 22.0 Å². The van der Waals surface area contributed by atoms with Crippen LogP contribution >= 0.6 is 35.0 Å². The van der Waals surface area contributed by atoms with Gasteiger partial charge in [-0.3, -0.25) is 4.99 Å². The van der Waals surface area contributed by atoms with E-state index in [2.05, 4.69) is 4.99 Å². The average molecular weight is 370 g/mol. The van der Waals surface area contributed by atoms with E-state index in [0.717, 1.165) is 0 Å². The minimum atomic E-state index is -4.05. The summed E-state index contributed by atoms with van der Waals surface area (Å²) < 4.78 is 23.2. The van der Waals surface area contributed by atoms with Crippen LogP contribution in [0.2, 0.25) is 10.0 Å². The highest BCUT2D eigenvalue weighted by atomic mass is 35.5. The fourth-order valence-corrected chi connectivity index (χ4v) is 4.53. The number of primary sulfonamides is 1. The van der Waals surface area contributed by atoms with Crippen molar-refractivity contribution in [2.45, 2.75) is 10.6 Å². The molecule has 0 amide bonds. The van der Waals surface area contributed by atoms with Gasteiger partial charge in [0.15, 0.2) is 10.9 Å². The Labute approximate surface area is 137 Å². The van der Waals surface area contributed by atoms with Crippen molar-refractivity contribution < 1.29 is 13.5 Å². The normalized spacial score (nSPS) is 24.9. The molecule has 0 saturated carbocycles. The number of halogens is 2. The third kappa shape index (κ3) is 2.88. The van der Waals surface area contributed by atoms with Gasteiger partial charge in [-0.05, 0) is 12.1 Å². The molecule has 1 aromatic carbocycles. The highest BCUT2D eigenvalue weighted by Gasteiger charge is 2.43. The SMILES string of the molecule is CN=C1SCC(O)(c2cc(Cl)c(Cl)c(S(N)(=O)=O)c2)N1C. The van der Waals surface area contributed by atoms with Crippen molar-refractivity contribution in [3.8, 4) is 0 Å². The topological polar surface area (TPSA) is 96.0 Å². The molecule has 1 aromatic rings. The highest BCUT2D eigenvalue weighted by molar-refractivity contribution is 8.14. The summed E-state index contributed by atoms with van der Waals surface area (Å²) in [6.07, 6.45) is 0. The molecule has 3 N–H and O–H groups in total. The molecule has 0 aliphatic carbocycles. The number of rotatable bonds is 2. The Morgan fingerprint density at radius 1 is 1.48 bits per heavy atom. The van der Waals surface area contributed by atoms with Gasteiger partial charge in [-0.25, -0.2) is 13.6 Å². The Hall–Kier alpha value is -0.510. The highest BCUT2D eigenvalue weighted by Crippen LogP contribution is 2.41. The molecule has 1 aliphatic heterocycles. The van der Waals surface area contributed by atoms with Gasteiger partial charge in [0.2, 0.25) is 10.0 Å². The first-order chi connectivity index (χ1) is 9.61. The van der Waals surface area contributed by atoms with Crippen molar-refractivity contribution in [1.29, 1.82) is 0 Å². The van der Waals surface area contributed by atoms with E-state index < -0.39 is 15.7 Å². The van der Waals surface area contributed by atoms with Gasteiger partial charge in [0.05, 0.1) is 15.8 Å². The van der Waals surface area contributed by atoms with E-state index in [4.69, 9.17) is 28.3 Å². The second kappa shape index (κ2) is 5.60. The van der Waals surface area contributed by atoms with E-state index >= 15 is 0 Å². The van der Waals surface area contributed by atoms with E-state index in [-0.39, 0.29) is 26.3 Å². The van der Waals surface area contributed by atoms with E-state index in [1.54, 1.807) is 19.0 Å². The Kier molecular flexibility index (Phi) is 4.50. The zero-order valence-corrected chi connectivity index (χ0v) is 14.3. The van der Waals surface area contributed by atoms with Gasteiger partial charge in [-0.1, -0.05) is 35.0 Å². The Morgan fingerprint density at radius 3 is 2.57 bits per heavy atom. The summed E-state index contributed by atoms with van der Waals surface area (Å²) in [5, 5.41) is 16.4. The van der Waals surface area contributed by atoms with Gasteiger partial charge in [0.25, 0.3) is 0 Å². The van der Waals surface area contributed by atoms with Crippen molar-refractivity contribution in [2.24, 2.45) is 10.1 Å². The van der Waals surface area contributed by atoms with Gasteiger partial charge in [0.1, 0.15) is 4.90 Å². The maximum Gasteiger partial charge on any atom is 0.239 e. The number of thioether (sulfide) groups is 1. The summed E-state index contributed by atoms with van der Waals surface area (Å²) >= 11 is 13.2. The summed E-state index contributed by atoms with van der Waals surface area (Å²) in [7, 11) is -0.794. The maximum absolute atomic E-state index is 11.6. The number of amidine groups is 1. The molecule has 10 heteroatoms. The van der Waals surface area contributed by atoms with Gasteiger partial charge in [0, 0.05) is 19.7 Å². The van der Waals surface area contributed by atoms with E-state index in [1.165, 1.54) is 23.9 Å². The molecule has 1 heterocycles. The standard InChI is InChI=1S/C11H13Cl2N3O3S2/c1-15-10-16(2)11(17,5-20-10)6-3-7(12)9(13)8(4-6)21(14,18)19/h3-4,17H,5H2,1-2H3,(H2,14,18,19). The molecule has 21 heavy (non-hydrogen) atoms. The molecule has 1 saturated heterocycles. The molecule has 1 aliphatic rings. The average Bonchev–Trinajstić information content (AvgIpc) is 2.68. The molecule has 1 unspecified atom stereocenters. The zero-order valence-electron chi connectivity index (χ0n) is 11.2. The number of aliphatic imine (C=N–C) groups is 1. The monoisotopic (exact) mass is 369 g/mol. The van der Waals surface area contributed by atoms with Crippen molar-refractivity contribution in [2.75, 3.05) is 19.8 Å². The van der Waals surface area contributed by atoms with E-state index in [9.17, 15) is 13.5 Å². The fourth-order valence-electron chi connectivity index (χ4n) is 2.01. The fraction of sp³-hybridized carbons (Fsp3) is 0.364. The predicted molar refractivity (Wildman–Crippen MR) is 85.3 cm³/mol. The number of nitrogens with zero attached hydrogens (tertiary/aromatic N) is 2. The summed E-state index contributed by atoms with van der Waals surface area (Å²) in [6, 6.07) is 2.66. The number of hydrogen-bond donors (Lipinski definition) is 2. The zero-order chi connectivity index (χ0) is 16.0. The first kappa shape index (κ1) is 16.9. The largest absolute Gasteiger partial charge is 0.366 e. The van der Waals surface area contributed by atoms with Crippen LogP contribution in [-0.4, -0.2) is 43.4 Å². The molecule has 0 aromatic heterocycles. The Morgan fingerprint density at radius 2 is 2.10 bits per heavy atom. The lowest BCUT2D eigenvalue weighted by molar-refractivity contribution is -0.0349. The quantitative estimate of drug-likeness (QED) is 0.822. The molecule has 1 fully saturated rings. The lowest BCUT2D eigenvalue weighted by atomic mass is 10.0. The molecular formula is C11H13Cl2N3O3S2. The van der Waals surface area contributed by atoms with E-state index in [1.807, 2.05) is 0 Å². The number of sulfonamides is 1. The van der Waals surface area contributed by atoms with E-state index in [0.29, 0.717) is 5.17 Å². The van der Waals surface area contributed by atoms with Crippen LogP contribution in [0.5, 0.6) is 0 Å². The van der Waals surface area contributed by atoms with Gasteiger partial charge >= 0.3 is 0 Å². The van der Waals surface area contributed by atoms with Crippen molar-refractivity contribution in [1.82, 2.24) is 4.90 Å². The third-order valence-corrected chi connectivity index (χ3v) is 6.31. The van der Waals surface area contributed by atoms with Crippen LogP contribution < -0.4 is 5.14 Å². The number of hydrogen-bond acceptors (Lipinski definition) is 5. The summed E-state index contributed by atoms with van der Waals surface area (Å²) in [4.78, 5) is 5.27. The van der Waals surface area contributed by atoms with Gasteiger partial charge in [-0.15, -0.1) is 0 Å². The first-order valence-corrected chi connectivity index (χ1v) is 8.98. The van der Waals surface area contributed by atoms with Crippen LogP contribution in [0.25, 0.3) is 0 Å². The van der Waals surface area contributed by atoms with Crippen LogP contribution in [0.3, 0.4) is 0 Å². The number of benzene rings is 1. The molecule has 0 radical (unpaired) electrons. The molecule has 1 atom stereocenters. The van der Waals surface area contributed by atoms with Crippen LogP contribution in [0.1, 0.15) is 5.56 Å². The number of aliphatic hydroxyl groups is 1. The minimum Gasteiger partial charge on any atom is -0.366 e. The van der Waals surface area contributed by atoms with Crippen LogP contribution in [0, 0.1) is 0 Å². The van der Waals surface area contributed by atoms with Crippen molar-refractivity contribution in [3.05, 3.63) is 27.7 Å². The molecule has 0 bridgehead atoms. The molecule has 2 rings (SSSR count). The van der Waals surface area contributed by atoms with Crippen molar-refractivity contribution in [3.63, 3.8) is 0 Å². The third-order valence-electron chi connectivity index (χ3n) is 3.20. The Balaban J connectivity index is 2.64. The molecule has 6 nitrogen and oxygen atoms in total. The van der Waals surface area contributed by atoms with Gasteiger partial charge in [-0.2, -0.15) is 0 Å². The minimum absolute atomic E-state index is 0.00639. The van der Waals surface area contributed by atoms with Crippen LogP contribution in [0.4, 0.5) is 0 Å². The molecule has 116 valence electrons. The summed E-state index contributed by atoms with van der Waals surface area (Å²) in [5.74, 6) is 0.276. The number of nitrogens with two attached hydrogens (primary N) is 1. The second-order valence-corrected chi connectivity index (χ2v) is 7.74. The lowest BCUT2D eigenvalue weighted by Crippen LogP contribution is -2.42. The Bertz CT molecular complexity index is 724. The molecular weight excluding hydrogens is 357 g/mol. The lowest BCUT2D eigenvalue weighted by Gasteiger charge is -2.31. The summed E-state index contributed by atoms with van der Waals surface area (Å²) in [5.41, 5.74) is -1.15. The first-order valence-electron chi connectivity index (χ1n) is 5.69. The van der Waals surface area contributed by atoms with Crippen molar-refractivity contribution >= 4 is 50.2 Å². The van der Waals surface area contributed by atoms with Crippen LogP contribution in [-0.2, 0) is 15.7 Å². The summed E-state index contributed by atoms with van der Waals surface area (Å²) in [6.45, 7) is 0. The molecule has 0 spiro atoms.